The van der Waals surface area contributed by atoms with Crippen molar-refractivity contribution in [3.63, 3.8) is 0 Å². The smallest absolute Gasteiger partial charge is 0.0588 e. The maximum Gasteiger partial charge on any atom is 0.0588 e. The van der Waals surface area contributed by atoms with Crippen LogP contribution in [-0.4, -0.2) is 24.2 Å². The molecule has 0 amide bonds. The quantitative estimate of drug-likeness (QED) is 0.826. The van der Waals surface area contributed by atoms with Crippen molar-refractivity contribution in [3.8, 4) is 0 Å². The molecule has 2 rings (SSSR count). The number of nitrogens with zero attached hydrogens (tertiary/aromatic N) is 1. The molecule has 1 saturated heterocycles. The Kier molecular flexibility index (Phi) is 4.31. The van der Waals surface area contributed by atoms with Crippen LogP contribution in [0.2, 0.25) is 0 Å². The van der Waals surface area contributed by atoms with Gasteiger partial charge in [-0.3, -0.25) is 4.98 Å². The van der Waals surface area contributed by atoms with Gasteiger partial charge in [0, 0.05) is 25.0 Å². The van der Waals surface area contributed by atoms with E-state index in [1.165, 1.54) is 18.4 Å². The highest BCUT2D eigenvalue weighted by atomic mass is 16.5. The summed E-state index contributed by atoms with van der Waals surface area (Å²) in [6.45, 7) is 4.16. The van der Waals surface area contributed by atoms with E-state index in [0.29, 0.717) is 12.1 Å². The number of rotatable bonds is 5. The van der Waals surface area contributed by atoms with Crippen molar-refractivity contribution in [2.24, 2.45) is 0 Å². The van der Waals surface area contributed by atoms with Crippen LogP contribution in [0, 0.1) is 0 Å². The van der Waals surface area contributed by atoms with Crippen LogP contribution in [0.5, 0.6) is 0 Å². The van der Waals surface area contributed by atoms with Gasteiger partial charge in [0.2, 0.25) is 0 Å². The zero-order valence-corrected chi connectivity index (χ0v) is 9.86. The van der Waals surface area contributed by atoms with Crippen molar-refractivity contribution in [2.75, 3.05) is 13.2 Å². The van der Waals surface area contributed by atoms with Crippen molar-refractivity contribution in [3.05, 3.63) is 30.1 Å². The van der Waals surface area contributed by atoms with E-state index in [0.717, 1.165) is 19.6 Å². The average molecular weight is 220 g/mol. The van der Waals surface area contributed by atoms with Gasteiger partial charge in [-0.2, -0.15) is 0 Å². The van der Waals surface area contributed by atoms with Crippen LogP contribution >= 0.6 is 0 Å². The molecule has 0 radical (unpaired) electrons. The minimum absolute atomic E-state index is 0.393. The monoisotopic (exact) mass is 220 g/mol. The van der Waals surface area contributed by atoms with E-state index in [-0.39, 0.29) is 0 Å². The van der Waals surface area contributed by atoms with E-state index >= 15 is 0 Å². The molecule has 2 unspecified atom stereocenters. The molecule has 0 spiro atoms. The first-order valence-electron chi connectivity index (χ1n) is 6.11. The van der Waals surface area contributed by atoms with Gasteiger partial charge >= 0.3 is 0 Å². The van der Waals surface area contributed by atoms with Gasteiger partial charge in [-0.15, -0.1) is 0 Å². The largest absolute Gasteiger partial charge is 0.378 e. The van der Waals surface area contributed by atoms with E-state index in [4.69, 9.17) is 4.74 Å². The van der Waals surface area contributed by atoms with E-state index in [2.05, 4.69) is 29.4 Å². The van der Waals surface area contributed by atoms with Gasteiger partial charge < -0.3 is 10.1 Å². The average Bonchev–Trinajstić information content (AvgIpc) is 2.83. The van der Waals surface area contributed by atoms with Gasteiger partial charge in [0.15, 0.2) is 0 Å². The lowest BCUT2D eigenvalue weighted by molar-refractivity contribution is 0.103. The van der Waals surface area contributed by atoms with Crippen molar-refractivity contribution < 1.29 is 4.74 Å². The zero-order valence-electron chi connectivity index (χ0n) is 9.86. The Hall–Kier alpha value is -0.930. The number of hydrogen-bond donors (Lipinski definition) is 1. The molecule has 3 heteroatoms. The standard InChI is InChI=1S/C13H20N2O/c1-11(12-4-7-14-8-5-12)15-9-6-13-3-2-10-16-13/h4-5,7-8,11,13,15H,2-3,6,9-10H2,1H3. The van der Waals surface area contributed by atoms with E-state index in [1.54, 1.807) is 0 Å². The number of ether oxygens (including phenoxy) is 1. The number of hydrogen-bond acceptors (Lipinski definition) is 3. The molecule has 0 aliphatic carbocycles. The fraction of sp³-hybridized carbons (Fsp3) is 0.615. The Morgan fingerprint density at radius 3 is 3.00 bits per heavy atom. The van der Waals surface area contributed by atoms with Crippen LogP contribution in [-0.2, 0) is 4.74 Å². The predicted molar refractivity (Wildman–Crippen MR) is 64.2 cm³/mol. The van der Waals surface area contributed by atoms with Crippen molar-refractivity contribution >= 4 is 0 Å². The molecule has 3 nitrogen and oxygen atoms in total. The lowest BCUT2D eigenvalue weighted by atomic mass is 10.1. The molecule has 1 aliphatic rings. The number of aromatic nitrogens is 1. The van der Waals surface area contributed by atoms with Gasteiger partial charge in [0.05, 0.1) is 6.10 Å². The summed E-state index contributed by atoms with van der Waals surface area (Å²) >= 11 is 0. The highest BCUT2D eigenvalue weighted by molar-refractivity contribution is 5.13. The van der Waals surface area contributed by atoms with Gasteiger partial charge in [-0.1, -0.05) is 0 Å². The summed E-state index contributed by atoms with van der Waals surface area (Å²) in [5.74, 6) is 0. The third-order valence-electron chi connectivity index (χ3n) is 3.15. The third kappa shape index (κ3) is 3.29. The van der Waals surface area contributed by atoms with Crippen LogP contribution in [0.25, 0.3) is 0 Å². The van der Waals surface area contributed by atoms with E-state index in [1.807, 2.05) is 12.4 Å². The maximum absolute atomic E-state index is 5.59. The molecule has 0 saturated carbocycles. The summed E-state index contributed by atoms with van der Waals surface area (Å²) in [5, 5.41) is 3.52. The SMILES string of the molecule is CC(NCCC1CCCO1)c1ccncc1. The zero-order chi connectivity index (χ0) is 11.2. The Labute approximate surface area is 97.2 Å². The third-order valence-corrected chi connectivity index (χ3v) is 3.15. The minimum atomic E-state index is 0.393. The van der Waals surface area contributed by atoms with E-state index in [9.17, 15) is 0 Å². The second-order valence-corrected chi connectivity index (χ2v) is 4.38. The maximum atomic E-state index is 5.59. The molecule has 88 valence electrons. The molecule has 1 aromatic rings. The Balaban J connectivity index is 1.69. The lowest BCUT2D eigenvalue weighted by Crippen LogP contribution is -2.23. The second-order valence-electron chi connectivity index (χ2n) is 4.38. The summed E-state index contributed by atoms with van der Waals surface area (Å²) in [6, 6.07) is 4.51. The fourth-order valence-electron chi connectivity index (χ4n) is 2.10. The predicted octanol–water partition coefficient (Wildman–Crippen LogP) is 2.30. The molecule has 1 aliphatic heterocycles. The van der Waals surface area contributed by atoms with Crippen molar-refractivity contribution in [1.82, 2.24) is 10.3 Å². The minimum Gasteiger partial charge on any atom is -0.378 e. The first-order valence-corrected chi connectivity index (χ1v) is 6.11. The van der Waals surface area contributed by atoms with Gasteiger partial charge in [0.25, 0.3) is 0 Å². The number of nitrogens with one attached hydrogen (secondary N) is 1. The molecule has 0 aromatic carbocycles. The fourth-order valence-corrected chi connectivity index (χ4v) is 2.10. The molecule has 0 bridgehead atoms. The Morgan fingerprint density at radius 1 is 1.50 bits per heavy atom. The van der Waals surface area contributed by atoms with Crippen LogP contribution in [0.4, 0.5) is 0 Å². The van der Waals surface area contributed by atoms with E-state index < -0.39 is 0 Å². The first kappa shape index (κ1) is 11.6. The van der Waals surface area contributed by atoms with Gasteiger partial charge in [-0.05, 0) is 50.4 Å². The Morgan fingerprint density at radius 2 is 2.31 bits per heavy atom. The molecule has 2 heterocycles. The topological polar surface area (TPSA) is 34.1 Å². The molecular weight excluding hydrogens is 200 g/mol. The highest BCUT2D eigenvalue weighted by Crippen LogP contribution is 2.15. The van der Waals surface area contributed by atoms with Crippen LogP contribution < -0.4 is 5.32 Å². The number of pyridine rings is 1. The van der Waals surface area contributed by atoms with Crippen LogP contribution in [0.3, 0.4) is 0 Å². The normalized spacial score (nSPS) is 22.2. The van der Waals surface area contributed by atoms with Gasteiger partial charge in [0.1, 0.15) is 0 Å². The summed E-state index contributed by atoms with van der Waals surface area (Å²) in [5.41, 5.74) is 1.29. The second kappa shape index (κ2) is 5.97. The molecular formula is C13H20N2O. The lowest BCUT2D eigenvalue weighted by Gasteiger charge is -2.15. The Bertz CT molecular complexity index is 296. The summed E-state index contributed by atoms with van der Waals surface area (Å²) < 4.78 is 5.59. The van der Waals surface area contributed by atoms with Crippen LogP contribution in [0.1, 0.15) is 37.8 Å². The molecule has 1 aromatic heterocycles. The molecule has 2 atom stereocenters. The molecule has 1 fully saturated rings. The molecule has 16 heavy (non-hydrogen) atoms. The highest BCUT2D eigenvalue weighted by Gasteiger charge is 2.15. The summed E-state index contributed by atoms with van der Waals surface area (Å²) in [4.78, 5) is 4.02. The first-order chi connectivity index (χ1) is 7.86. The summed E-state index contributed by atoms with van der Waals surface area (Å²) in [6.07, 6.45) is 7.74. The van der Waals surface area contributed by atoms with Gasteiger partial charge in [-0.25, -0.2) is 0 Å². The molecule has 1 N–H and O–H groups in total. The summed E-state index contributed by atoms with van der Waals surface area (Å²) in [7, 11) is 0. The van der Waals surface area contributed by atoms with Crippen LogP contribution in [0.15, 0.2) is 24.5 Å². The van der Waals surface area contributed by atoms with Crippen molar-refractivity contribution in [2.45, 2.75) is 38.3 Å². The van der Waals surface area contributed by atoms with Crippen molar-refractivity contribution in [1.29, 1.82) is 0 Å².